The van der Waals surface area contributed by atoms with Crippen molar-refractivity contribution in [1.29, 1.82) is 0 Å². The van der Waals surface area contributed by atoms with Crippen LogP contribution >= 0.6 is 0 Å². The zero-order chi connectivity index (χ0) is 9.14. The summed E-state index contributed by atoms with van der Waals surface area (Å²) in [6.07, 6.45) is 1.75. The lowest BCUT2D eigenvalue weighted by Gasteiger charge is -1.95. The monoisotopic (exact) mass is 167 g/mol. The van der Waals surface area contributed by atoms with Crippen molar-refractivity contribution in [2.75, 3.05) is 13.6 Å². The van der Waals surface area contributed by atoms with E-state index < -0.39 is 0 Å². The Labute approximate surface area is 71.6 Å². The van der Waals surface area contributed by atoms with Crippen molar-refractivity contribution < 1.29 is 4.79 Å². The van der Waals surface area contributed by atoms with Gasteiger partial charge in [0.05, 0.1) is 17.8 Å². The molecular formula is C8H13N3O. The molecule has 0 radical (unpaired) electrons. The molecular weight excluding hydrogens is 154 g/mol. The minimum Gasteiger partial charge on any atom is -0.313 e. The Kier molecular flexibility index (Phi) is 2.60. The van der Waals surface area contributed by atoms with Crippen LogP contribution in [0.15, 0.2) is 6.20 Å². The summed E-state index contributed by atoms with van der Waals surface area (Å²) in [5.41, 5.74) is 1.49. The summed E-state index contributed by atoms with van der Waals surface area (Å²) in [6, 6.07) is 0. The molecule has 0 fully saturated rings. The third-order valence-corrected chi connectivity index (χ3v) is 1.65. The summed E-state index contributed by atoms with van der Waals surface area (Å²) in [4.78, 5) is 11.4. The number of hydrogen-bond donors (Lipinski definition) is 1. The number of Topliss-reactive ketones (excluding diaryl/α,β-unsaturated/α-hetero) is 1. The predicted octanol–water partition coefficient (Wildman–Crippen LogP) is 0.131. The van der Waals surface area contributed by atoms with Crippen LogP contribution in [0.1, 0.15) is 16.1 Å². The van der Waals surface area contributed by atoms with Crippen LogP contribution in [0.4, 0.5) is 0 Å². The second-order valence-electron chi connectivity index (χ2n) is 2.76. The standard InChI is InChI=1S/C8H13N3O/c1-6-7(5-11(3)10-6)8(12)4-9-2/h5,9H,4H2,1-3H3. The molecule has 66 valence electrons. The Bertz CT molecular complexity index is 290. The number of carbonyl (C=O) groups excluding carboxylic acids is 1. The summed E-state index contributed by atoms with van der Waals surface area (Å²) < 4.78 is 1.65. The number of aryl methyl sites for hydroxylation is 2. The fourth-order valence-electron chi connectivity index (χ4n) is 1.13. The topological polar surface area (TPSA) is 46.9 Å². The SMILES string of the molecule is CNCC(=O)c1cn(C)nc1C. The molecule has 1 heterocycles. The van der Waals surface area contributed by atoms with Gasteiger partial charge < -0.3 is 5.32 Å². The highest BCUT2D eigenvalue weighted by molar-refractivity contribution is 5.98. The van der Waals surface area contributed by atoms with Crippen LogP contribution in [0.25, 0.3) is 0 Å². The van der Waals surface area contributed by atoms with Gasteiger partial charge in [0.15, 0.2) is 5.78 Å². The number of hydrogen-bond acceptors (Lipinski definition) is 3. The molecule has 0 saturated heterocycles. The Morgan fingerprint density at radius 1 is 1.75 bits per heavy atom. The number of likely N-dealkylation sites (N-methyl/N-ethyl adjacent to an activating group) is 1. The molecule has 0 unspecified atom stereocenters. The lowest BCUT2D eigenvalue weighted by atomic mass is 10.2. The molecule has 0 aliphatic carbocycles. The van der Waals surface area contributed by atoms with Gasteiger partial charge in [-0.05, 0) is 14.0 Å². The van der Waals surface area contributed by atoms with Crippen LogP contribution in [0, 0.1) is 6.92 Å². The molecule has 12 heavy (non-hydrogen) atoms. The summed E-state index contributed by atoms with van der Waals surface area (Å²) >= 11 is 0. The number of nitrogens with zero attached hydrogens (tertiary/aromatic N) is 2. The summed E-state index contributed by atoms with van der Waals surface area (Å²) in [5, 5.41) is 6.90. The zero-order valence-corrected chi connectivity index (χ0v) is 7.59. The van der Waals surface area contributed by atoms with E-state index in [9.17, 15) is 4.79 Å². The van der Waals surface area contributed by atoms with E-state index in [2.05, 4.69) is 10.4 Å². The van der Waals surface area contributed by atoms with Crippen LogP contribution in [0.2, 0.25) is 0 Å². The summed E-state index contributed by atoms with van der Waals surface area (Å²) in [5.74, 6) is 0.0862. The maximum atomic E-state index is 11.4. The first-order chi connectivity index (χ1) is 5.65. The van der Waals surface area contributed by atoms with E-state index in [1.807, 2.05) is 14.0 Å². The van der Waals surface area contributed by atoms with Gasteiger partial charge in [0.25, 0.3) is 0 Å². The molecule has 0 atom stereocenters. The molecule has 1 aromatic rings. The maximum absolute atomic E-state index is 11.4. The lowest BCUT2D eigenvalue weighted by Crippen LogP contribution is -2.18. The molecule has 0 spiro atoms. The van der Waals surface area contributed by atoms with Gasteiger partial charge >= 0.3 is 0 Å². The average molecular weight is 167 g/mol. The predicted molar refractivity (Wildman–Crippen MR) is 46.2 cm³/mol. The molecule has 0 bridgehead atoms. The van der Waals surface area contributed by atoms with Gasteiger partial charge in [0.1, 0.15) is 0 Å². The van der Waals surface area contributed by atoms with E-state index >= 15 is 0 Å². The molecule has 0 aliphatic rings. The summed E-state index contributed by atoms with van der Waals surface area (Å²) in [7, 11) is 3.56. The highest BCUT2D eigenvalue weighted by atomic mass is 16.1. The number of aromatic nitrogens is 2. The smallest absolute Gasteiger partial charge is 0.180 e. The first-order valence-corrected chi connectivity index (χ1v) is 3.83. The molecule has 4 nitrogen and oxygen atoms in total. The molecule has 0 aromatic carbocycles. The largest absolute Gasteiger partial charge is 0.313 e. The van der Waals surface area contributed by atoms with E-state index in [0.29, 0.717) is 12.1 Å². The maximum Gasteiger partial charge on any atom is 0.180 e. The van der Waals surface area contributed by atoms with E-state index in [0.717, 1.165) is 5.69 Å². The van der Waals surface area contributed by atoms with Crippen molar-refractivity contribution >= 4 is 5.78 Å². The van der Waals surface area contributed by atoms with E-state index in [1.165, 1.54) is 0 Å². The zero-order valence-electron chi connectivity index (χ0n) is 7.59. The highest BCUT2D eigenvalue weighted by Gasteiger charge is 2.10. The first-order valence-electron chi connectivity index (χ1n) is 3.83. The molecule has 1 N–H and O–H groups in total. The number of ketones is 1. The fourth-order valence-corrected chi connectivity index (χ4v) is 1.13. The minimum absolute atomic E-state index is 0.0862. The van der Waals surface area contributed by atoms with Crippen LogP contribution in [-0.4, -0.2) is 29.2 Å². The van der Waals surface area contributed by atoms with Crippen LogP contribution in [0.5, 0.6) is 0 Å². The molecule has 0 aliphatic heterocycles. The quantitative estimate of drug-likeness (QED) is 0.651. The normalized spacial score (nSPS) is 10.2. The average Bonchev–Trinajstić information content (AvgIpc) is 2.30. The molecule has 1 rings (SSSR count). The lowest BCUT2D eigenvalue weighted by molar-refractivity contribution is 0.0993. The number of carbonyl (C=O) groups is 1. The first kappa shape index (κ1) is 8.93. The molecule has 4 heteroatoms. The van der Waals surface area contributed by atoms with E-state index in [4.69, 9.17) is 0 Å². The number of nitrogens with one attached hydrogen (secondary N) is 1. The second kappa shape index (κ2) is 3.49. The number of rotatable bonds is 3. The third-order valence-electron chi connectivity index (χ3n) is 1.65. The molecule has 1 aromatic heterocycles. The van der Waals surface area contributed by atoms with Crippen molar-refractivity contribution in [3.63, 3.8) is 0 Å². The van der Waals surface area contributed by atoms with Gasteiger partial charge in [-0.15, -0.1) is 0 Å². The highest BCUT2D eigenvalue weighted by Crippen LogP contribution is 2.04. The van der Waals surface area contributed by atoms with Gasteiger partial charge in [-0.1, -0.05) is 0 Å². The Hall–Kier alpha value is -1.16. The van der Waals surface area contributed by atoms with Crippen molar-refractivity contribution in [2.24, 2.45) is 7.05 Å². The van der Waals surface area contributed by atoms with Crippen molar-refractivity contribution in [2.45, 2.75) is 6.92 Å². The van der Waals surface area contributed by atoms with Gasteiger partial charge in [-0.25, -0.2) is 0 Å². The Balaban J connectivity index is 2.87. The second-order valence-corrected chi connectivity index (χ2v) is 2.76. The fraction of sp³-hybridized carbons (Fsp3) is 0.500. The Morgan fingerprint density at radius 3 is 2.83 bits per heavy atom. The van der Waals surface area contributed by atoms with Gasteiger partial charge in [-0.2, -0.15) is 5.10 Å². The van der Waals surface area contributed by atoms with Gasteiger partial charge in [0, 0.05) is 13.2 Å². The van der Waals surface area contributed by atoms with Gasteiger partial charge in [-0.3, -0.25) is 9.48 Å². The van der Waals surface area contributed by atoms with Crippen molar-refractivity contribution in [3.8, 4) is 0 Å². The van der Waals surface area contributed by atoms with E-state index in [-0.39, 0.29) is 5.78 Å². The van der Waals surface area contributed by atoms with Gasteiger partial charge in [0.2, 0.25) is 0 Å². The Morgan fingerprint density at radius 2 is 2.42 bits per heavy atom. The molecule has 0 saturated carbocycles. The van der Waals surface area contributed by atoms with Crippen molar-refractivity contribution in [3.05, 3.63) is 17.5 Å². The van der Waals surface area contributed by atoms with E-state index in [1.54, 1.807) is 17.9 Å². The van der Waals surface area contributed by atoms with Crippen molar-refractivity contribution in [1.82, 2.24) is 15.1 Å². The molecule has 0 amide bonds. The van der Waals surface area contributed by atoms with Crippen LogP contribution < -0.4 is 5.32 Å². The summed E-state index contributed by atoms with van der Waals surface area (Å²) in [6.45, 7) is 2.20. The third kappa shape index (κ3) is 1.71. The minimum atomic E-state index is 0.0862. The van der Waals surface area contributed by atoms with Crippen LogP contribution in [-0.2, 0) is 7.05 Å². The van der Waals surface area contributed by atoms with Crippen LogP contribution in [0.3, 0.4) is 0 Å².